The summed E-state index contributed by atoms with van der Waals surface area (Å²) in [6.07, 6.45) is 0. The number of hydrogen-bond acceptors (Lipinski definition) is 8. The minimum absolute atomic E-state index is 0.262. The maximum atomic E-state index is 13.1. The number of benzene rings is 4. The van der Waals surface area contributed by atoms with Gasteiger partial charge < -0.3 is 8.83 Å². The fourth-order valence-electron chi connectivity index (χ4n) is 3.95. The Morgan fingerprint density at radius 3 is 2.00 bits per heavy atom. The van der Waals surface area contributed by atoms with Crippen molar-refractivity contribution in [1.82, 2.24) is 20.4 Å². The molecule has 0 amide bonds. The Balaban J connectivity index is 1.15. The number of rotatable bonds is 9. The molecule has 0 atom stereocenters. The zero-order valence-corrected chi connectivity index (χ0v) is 23.2. The molecule has 6 nitrogen and oxygen atoms in total. The Hall–Kier alpha value is -3.92. The molecule has 0 saturated heterocycles. The van der Waals surface area contributed by atoms with Crippen molar-refractivity contribution in [3.05, 3.63) is 119 Å². The van der Waals surface area contributed by atoms with E-state index in [-0.39, 0.29) is 5.82 Å². The summed E-state index contributed by atoms with van der Waals surface area (Å²) in [7, 11) is 0. The monoisotopic (exact) mass is 586 g/mol. The van der Waals surface area contributed by atoms with Gasteiger partial charge in [0.25, 0.3) is 10.4 Å². The van der Waals surface area contributed by atoms with E-state index in [1.54, 1.807) is 12.1 Å². The van der Waals surface area contributed by atoms with Crippen LogP contribution < -0.4 is 0 Å². The zero-order chi connectivity index (χ0) is 27.3. The van der Waals surface area contributed by atoms with Crippen molar-refractivity contribution in [1.29, 1.82) is 0 Å². The molecule has 0 radical (unpaired) electrons. The summed E-state index contributed by atoms with van der Waals surface area (Å²) in [6.45, 7) is 0. The van der Waals surface area contributed by atoms with E-state index in [0.29, 0.717) is 38.8 Å². The van der Waals surface area contributed by atoms with Crippen molar-refractivity contribution >= 4 is 35.1 Å². The largest absolute Gasteiger partial charge is 0.411 e. The van der Waals surface area contributed by atoms with Gasteiger partial charge in [-0.25, -0.2) is 4.39 Å². The number of nitrogens with zero attached hydrogens (tertiary/aromatic N) is 4. The van der Waals surface area contributed by atoms with E-state index in [2.05, 4.69) is 20.4 Å². The summed E-state index contributed by atoms with van der Waals surface area (Å²) in [4.78, 5) is 0. The second kappa shape index (κ2) is 12.1. The molecule has 6 rings (SSSR count). The molecule has 0 aliphatic rings. The molecule has 0 aliphatic heterocycles. The molecule has 2 aromatic heterocycles. The molecule has 0 unspecified atom stereocenters. The normalized spacial score (nSPS) is 11.2. The molecule has 0 aliphatic carbocycles. The predicted octanol–water partition coefficient (Wildman–Crippen LogP) is 8.83. The first kappa shape index (κ1) is 26.3. The molecular weight excluding hydrogens is 567 g/mol. The van der Waals surface area contributed by atoms with Crippen LogP contribution in [0.15, 0.2) is 116 Å². The highest BCUT2D eigenvalue weighted by molar-refractivity contribution is 7.98. The Morgan fingerprint density at radius 2 is 1.25 bits per heavy atom. The van der Waals surface area contributed by atoms with Crippen molar-refractivity contribution in [2.45, 2.75) is 22.0 Å². The zero-order valence-electron chi connectivity index (χ0n) is 20.8. The third-order valence-electron chi connectivity index (χ3n) is 5.96. The number of aromatic nitrogens is 4. The fourth-order valence-corrected chi connectivity index (χ4v) is 5.81. The molecule has 0 saturated carbocycles. The minimum atomic E-state index is -0.262. The first-order chi connectivity index (χ1) is 19.6. The quantitative estimate of drug-likeness (QED) is 0.155. The maximum absolute atomic E-state index is 13.1. The van der Waals surface area contributed by atoms with Crippen molar-refractivity contribution in [3.63, 3.8) is 0 Å². The number of halogens is 2. The second-order valence-electron chi connectivity index (χ2n) is 8.68. The van der Waals surface area contributed by atoms with Crippen LogP contribution in [-0.4, -0.2) is 20.4 Å². The van der Waals surface area contributed by atoms with Gasteiger partial charge >= 0.3 is 0 Å². The molecule has 4 aromatic carbocycles. The van der Waals surface area contributed by atoms with Crippen LogP contribution in [0.25, 0.3) is 34.0 Å². The lowest BCUT2D eigenvalue weighted by molar-refractivity contribution is 0.465. The molecule has 198 valence electrons. The van der Waals surface area contributed by atoms with Crippen LogP contribution in [0.3, 0.4) is 0 Å². The lowest BCUT2D eigenvalue weighted by atomic mass is 10.0. The third kappa shape index (κ3) is 6.12. The Kier molecular flexibility index (Phi) is 7.94. The maximum Gasteiger partial charge on any atom is 0.277 e. The van der Waals surface area contributed by atoms with Crippen molar-refractivity contribution in [2.24, 2.45) is 0 Å². The summed E-state index contributed by atoms with van der Waals surface area (Å²) in [5, 5.41) is 18.3. The van der Waals surface area contributed by atoms with Crippen LogP contribution in [0.5, 0.6) is 0 Å². The average molecular weight is 587 g/mol. The van der Waals surface area contributed by atoms with Crippen LogP contribution in [-0.2, 0) is 11.5 Å². The smallest absolute Gasteiger partial charge is 0.277 e. The lowest BCUT2D eigenvalue weighted by Gasteiger charge is -2.10. The van der Waals surface area contributed by atoms with Crippen LogP contribution in [0.2, 0.25) is 5.02 Å². The molecule has 6 aromatic rings. The molecule has 0 N–H and O–H groups in total. The molecule has 40 heavy (non-hydrogen) atoms. The van der Waals surface area contributed by atoms with Crippen molar-refractivity contribution in [3.8, 4) is 34.0 Å². The molecule has 0 bridgehead atoms. The lowest BCUT2D eigenvalue weighted by Crippen LogP contribution is -1.88. The highest BCUT2D eigenvalue weighted by atomic mass is 35.5. The van der Waals surface area contributed by atoms with E-state index in [1.165, 1.54) is 35.7 Å². The van der Waals surface area contributed by atoms with Gasteiger partial charge in [-0.3, -0.25) is 0 Å². The van der Waals surface area contributed by atoms with Crippen molar-refractivity contribution in [2.75, 3.05) is 0 Å². The van der Waals surface area contributed by atoms with Crippen molar-refractivity contribution < 1.29 is 13.2 Å². The summed E-state index contributed by atoms with van der Waals surface area (Å²) in [5.41, 5.74) is 5.40. The molecule has 2 heterocycles. The van der Waals surface area contributed by atoms with Gasteiger partial charge in [0.15, 0.2) is 0 Å². The SMILES string of the molecule is Fc1ccc(CSc2nnc(-c3cccc(-c4cccc(CSc5nnc(-c6ccccc6)o5)c4Cl)c3)o2)cc1. The van der Waals surface area contributed by atoms with Gasteiger partial charge in [-0.1, -0.05) is 95.8 Å². The number of hydrogen-bond donors (Lipinski definition) is 0. The van der Waals surface area contributed by atoms with E-state index in [1.807, 2.05) is 72.8 Å². The molecular formula is C30H20ClFN4O2S2. The average Bonchev–Trinajstić information content (AvgIpc) is 3.67. The fraction of sp³-hybridized carbons (Fsp3) is 0.0667. The topological polar surface area (TPSA) is 77.8 Å². The van der Waals surface area contributed by atoms with E-state index in [9.17, 15) is 4.39 Å². The van der Waals surface area contributed by atoms with E-state index in [4.69, 9.17) is 20.4 Å². The van der Waals surface area contributed by atoms with Gasteiger partial charge in [0.1, 0.15) is 5.82 Å². The standard InChI is InChI=1S/C30H20ClFN4O2S2/c31-26-23(18-40-30-36-33-27(37-30)20-6-2-1-3-7-20)10-5-11-25(26)21-8-4-9-22(16-21)28-34-35-29(38-28)39-17-19-12-14-24(32)15-13-19/h1-16H,17-18H2. The second-order valence-corrected chi connectivity index (χ2v) is 10.9. The van der Waals surface area contributed by atoms with E-state index in [0.717, 1.165) is 33.4 Å². The summed E-state index contributed by atoms with van der Waals surface area (Å²) in [6, 6.07) is 29.8. The molecule has 10 heteroatoms. The summed E-state index contributed by atoms with van der Waals surface area (Å²) >= 11 is 9.70. The minimum Gasteiger partial charge on any atom is -0.411 e. The van der Waals surface area contributed by atoms with Gasteiger partial charge in [0, 0.05) is 28.2 Å². The highest BCUT2D eigenvalue weighted by Crippen LogP contribution is 2.36. The van der Waals surface area contributed by atoms with E-state index >= 15 is 0 Å². The van der Waals surface area contributed by atoms with Crippen LogP contribution in [0.4, 0.5) is 4.39 Å². The Bertz CT molecular complexity index is 1740. The van der Waals surface area contributed by atoms with Gasteiger partial charge in [0.05, 0.1) is 5.02 Å². The highest BCUT2D eigenvalue weighted by Gasteiger charge is 2.15. The van der Waals surface area contributed by atoms with Crippen LogP contribution >= 0.6 is 35.1 Å². The van der Waals surface area contributed by atoms with Crippen LogP contribution in [0, 0.1) is 5.82 Å². The van der Waals surface area contributed by atoms with Gasteiger partial charge in [-0.05, 0) is 53.1 Å². The summed E-state index contributed by atoms with van der Waals surface area (Å²) < 4.78 is 24.8. The first-order valence-corrected chi connectivity index (χ1v) is 14.6. The van der Waals surface area contributed by atoms with Gasteiger partial charge in [0.2, 0.25) is 11.8 Å². The first-order valence-electron chi connectivity index (χ1n) is 12.2. The van der Waals surface area contributed by atoms with Crippen LogP contribution in [0.1, 0.15) is 11.1 Å². The Labute approximate surface area is 243 Å². The molecule has 0 fully saturated rings. The van der Waals surface area contributed by atoms with Gasteiger partial charge in [-0.15, -0.1) is 20.4 Å². The predicted molar refractivity (Wildman–Crippen MR) is 155 cm³/mol. The molecule has 0 spiro atoms. The van der Waals surface area contributed by atoms with Gasteiger partial charge in [-0.2, -0.15) is 0 Å². The third-order valence-corrected chi connectivity index (χ3v) is 8.16. The number of thioether (sulfide) groups is 2. The Morgan fingerprint density at radius 1 is 0.625 bits per heavy atom. The van der Waals surface area contributed by atoms with E-state index < -0.39 is 0 Å². The summed E-state index contributed by atoms with van der Waals surface area (Å²) in [5.74, 6) is 1.80.